The fourth-order valence-corrected chi connectivity index (χ4v) is 5.65. The van der Waals surface area contributed by atoms with Crippen molar-refractivity contribution in [1.29, 1.82) is 0 Å². The van der Waals surface area contributed by atoms with Gasteiger partial charge in [-0.15, -0.1) is 0 Å². The standard InChI is InChI=1S/C30H36BrN3O5S/c1-6-39-26-16-18-27(19-17-26)40(37,38)34(25-10-8-7-9-11-25)21-28(35)33(20-23-12-14-24(31)15-13-23)22(2)29(36)32-30(3,4)5/h7-19,22H,6,20-21H2,1-5H3,(H,32,36). The van der Waals surface area contributed by atoms with Crippen molar-refractivity contribution in [2.75, 3.05) is 17.5 Å². The first-order valence-electron chi connectivity index (χ1n) is 13.0. The van der Waals surface area contributed by atoms with Crippen molar-refractivity contribution in [1.82, 2.24) is 10.2 Å². The zero-order chi connectivity index (χ0) is 29.5. The number of hydrogen-bond donors (Lipinski definition) is 1. The molecule has 0 spiro atoms. The van der Waals surface area contributed by atoms with Gasteiger partial charge >= 0.3 is 0 Å². The number of carbonyl (C=O) groups is 2. The van der Waals surface area contributed by atoms with Gasteiger partial charge in [0.25, 0.3) is 10.0 Å². The van der Waals surface area contributed by atoms with Crippen molar-refractivity contribution in [2.24, 2.45) is 0 Å². The van der Waals surface area contributed by atoms with Gasteiger partial charge in [0.1, 0.15) is 18.3 Å². The van der Waals surface area contributed by atoms with E-state index < -0.39 is 34.1 Å². The summed E-state index contributed by atoms with van der Waals surface area (Å²) in [4.78, 5) is 28.5. The maximum Gasteiger partial charge on any atom is 0.264 e. The summed E-state index contributed by atoms with van der Waals surface area (Å²) in [6, 6.07) is 21.1. The highest BCUT2D eigenvalue weighted by molar-refractivity contribution is 9.10. The molecule has 0 aliphatic heterocycles. The Kier molecular flexibility index (Phi) is 10.4. The van der Waals surface area contributed by atoms with E-state index in [4.69, 9.17) is 4.74 Å². The zero-order valence-corrected chi connectivity index (χ0v) is 25.8. The van der Waals surface area contributed by atoms with Gasteiger partial charge in [0, 0.05) is 16.6 Å². The second-order valence-electron chi connectivity index (χ2n) is 10.3. The van der Waals surface area contributed by atoms with Crippen LogP contribution in [0.1, 0.15) is 40.2 Å². The Hall–Kier alpha value is -3.37. The van der Waals surface area contributed by atoms with Crippen LogP contribution in [0.2, 0.25) is 0 Å². The number of nitrogens with one attached hydrogen (secondary N) is 1. The first kappa shape index (κ1) is 31.2. The monoisotopic (exact) mass is 629 g/mol. The number of hydrogen-bond acceptors (Lipinski definition) is 5. The van der Waals surface area contributed by atoms with Crippen molar-refractivity contribution in [2.45, 2.75) is 57.6 Å². The second-order valence-corrected chi connectivity index (χ2v) is 13.1. The third kappa shape index (κ3) is 8.32. The molecule has 0 saturated carbocycles. The van der Waals surface area contributed by atoms with E-state index in [-0.39, 0.29) is 17.3 Å². The number of sulfonamides is 1. The van der Waals surface area contributed by atoms with Crippen LogP contribution in [-0.2, 0) is 26.2 Å². The van der Waals surface area contributed by atoms with E-state index in [2.05, 4.69) is 21.2 Å². The fourth-order valence-electron chi connectivity index (χ4n) is 3.97. The number of halogens is 1. The van der Waals surface area contributed by atoms with Crippen LogP contribution >= 0.6 is 15.9 Å². The number of benzene rings is 3. The van der Waals surface area contributed by atoms with E-state index in [1.165, 1.54) is 17.0 Å². The lowest BCUT2D eigenvalue weighted by atomic mass is 10.1. The summed E-state index contributed by atoms with van der Waals surface area (Å²) in [7, 11) is -4.14. The normalized spacial score (nSPS) is 12.3. The van der Waals surface area contributed by atoms with E-state index >= 15 is 0 Å². The summed E-state index contributed by atoms with van der Waals surface area (Å²) >= 11 is 3.42. The van der Waals surface area contributed by atoms with Crippen LogP contribution in [0.15, 0.2) is 88.2 Å². The summed E-state index contributed by atoms with van der Waals surface area (Å²) in [5, 5.41) is 2.92. The van der Waals surface area contributed by atoms with Crippen LogP contribution < -0.4 is 14.4 Å². The lowest BCUT2D eigenvalue weighted by Gasteiger charge is -2.33. The smallest absolute Gasteiger partial charge is 0.264 e. The molecule has 2 amide bonds. The summed E-state index contributed by atoms with van der Waals surface area (Å²) in [5.74, 6) is -0.306. The average molecular weight is 631 g/mol. The maximum atomic E-state index is 13.9. The number of anilines is 1. The van der Waals surface area contributed by atoms with E-state index in [0.717, 1.165) is 14.3 Å². The van der Waals surface area contributed by atoms with Crippen molar-refractivity contribution in [3.8, 4) is 5.75 Å². The lowest BCUT2D eigenvalue weighted by Crippen LogP contribution is -2.54. The van der Waals surface area contributed by atoms with E-state index in [1.54, 1.807) is 49.4 Å². The number of amides is 2. The lowest BCUT2D eigenvalue weighted by molar-refractivity contribution is -0.140. The predicted molar refractivity (Wildman–Crippen MR) is 161 cm³/mol. The Bertz CT molecular complexity index is 1390. The molecule has 0 aliphatic carbocycles. The van der Waals surface area contributed by atoms with Crippen LogP contribution in [0.25, 0.3) is 0 Å². The van der Waals surface area contributed by atoms with Gasteiger partial charge in [-0.1, -0.05) is 46.3 Å². The van der Waals surface area contributed by atoms with Crippen LogP contribution in [-0.4, -0.2) is 49.9 Å². The molecule has 1 atom stereocenters. The molecule has 3 aromatic carbocycles. The van der Waals surface area contributed by atoms with Crippen LogP contribution in [0.5, 0.6) is 5.75 Å². The Morgan fingerprint density at radius 1 is 0.950 bits per heavy atom. The summed E-state index contributed by atoms with van der Waals surface area (Å²) < 4.78 is 35.2. The van der Waals surface area contributed by atoms with Gasteiger partial charge < -0.3 is 15.0 Å². The van der Waals surface area contributed by atoms with Crippen LogP contribution in [0.3, 0.4) is 0 Å². The molecule has 0 aromatic heterocycles. The Balaban J connectivity index is 2.00. The number of nitrogens with zero attached hydrogens (tertiary/aromatic N) is 2. The first-order chi connectivity index (χ1) is 18.8. The number of carbonyl (C=O) groups excluding carboxylic acids is 2. The quantitative estimate of drug-likeness (QED) is 0.307. The minimum Gasteiger partial charge on any atom is -0.494 e. The molecule has 0 radical (unpaired) electrons. The minimum absolute atomic E-state index is 0.0191. The van der Waals surface area contributed by atoms with Gasteiger partial charge in [-0.25, -0.2) is 8.42 Å². The molecule has 3 rings (SSSR count). The van der Waals surface area contributed by atoms with Gasteiger partial charge in [-0.2, -0.15) is 0 Å². The van der Waals surface area contributed by atoms with Gasteiger partial charge in [0.05, 0.1) is 17.2 Å². The molecule has 3 aromatic rings. The molecule has 0 bridgehead atoms. The third-order valence-electron chi connectivity index (χ3n) is 5.98. The molecule has 1 N–H and O–H groups in total. The zero-order valence-electron chi connectivity index (χ0n) is 23.4. The van der Waals surface area contributed by atoms with Crippen molar-refractivity contribution in [3.05, 3.63) is 88.9 Å². The summed E-state index contributed by atoms with van der Waals surface area (Å²) in [6.07, 6.45) is 0. The second kappa shape index (κ2) is 13.3. The van der Waals surface area contributed by atoms with Gasteiger partial charge in [-0.3, -0.25) is 13.9 Å². The molecular formula is C30H36BrN3O5S. The molecule has 0 fully saturated rings. The molecular weight excluding hydrogens is 594 g/mol. The van der Waals surface area contributed by atoms with Gasteiger partial charge in [0.2, 0.25) is 11.8 Å². The molecule has 214 valence electrons. The first-order valence-corrected chi connectivity index (χ1v) is 15.2. The molecule has 0 heterocycles. The Morgan fingerprint density at radius 3 is 2.10 bits per heavy atom. The van der Waals surface area contributed by atoms with Crippen molar-refractivity contribution < 1.29 is 22.7 Å². The van der Waals surface area contributed by atoms with Gasteiger partial charge in [0.15, 0.2) is 0 Å². The molecule has 0 aliphatic rings. The van der Waals surface area contributed by atoms with E-state index in [9.17, 15) is 18.0 Å². The van der Waals surface area contributed by atoms with E-state index in [1.807, 2.05) is 52.0 Å². The van der Waals surface area contributed by atoms with Gasteiger partial charge in [-0.05, 0) is 88.7 Å². The van der Waals surface area contributed by atoms with Crippen LogP contribution in [0, 0.1) is 0 Å². The number of rotatable bonds is 11. The van der Waals surface area contributed by atoms with Crippen molar-refractivity contribution >= 4 is 43.5 Å². The highest BCUT2D eigenvalue weighted by Gasteiger charge is 2.33. The minimum atomic E-state index is -4.14. The molecule has 1 unspecified atom stereocenters. The number of ether oxygens (including phenoxy) is 1. The molecule has 10 heteroatoms. The molecule has 40 heavy (non-hydrogen) atoms. The van der Waals surface area contributed by atoms with Crippen LogP contribution in [0.4, 0.5) is 5.69 Å². The maximum absolute atomic E-state index is 13.9. The average Bonchev–Trinajstić information content (AvgIpc) is 2.91. The predicted octanol–water partition coefficient (Wildman–Crippen LogP) is 5.38. The number of para-hydroxylation sites is 1. The molecule has 0 saturated heterocycles. The largest absolute Gasteiger partial charge is 0.494 e. The Labute approximate surface area is 245 Å². The third-order valence-corrected chi connectivity index (χ3v) is 8.29. The molecule has 8 nitrogen and oxygen atoms in total. The fraction of sp³-hybridized carbons (Fsp3) is 0.333. The topological polar surface area (TPSA) is 96.0 Å². The van der Waals surface area contributed by atoms with E-state index in [0.29, 0.717) is 18.0 Å². The Morgan fingerprint density at radius 2 is 1.55 bits per heavy atom. The summed E-state index contributed by atoms with van der Waals surface area (Å²) in [5.41, 5.74) is 0.623. The highest BCUT2D eigenvalue weighted by atomic mass is 79.9. The van der Waals surface area contributed by atoms with Crippen molar-refractivity contribution in [3.63, 3.8) is 0 Å². The highest BCUT2D eigenvalue weighted by Crippen LogP contribution is 2.26. The summed E-state index contributed by atoms with van der Waals surface area (Å²) in [6.45, 7) is 9.14. The SMILES string of the molecule is CCOc1ccc(S(=O)(=O)N(CC(=O)N(Cc2ccc(Br)cc2)C(C)C(=O)NC(C)(C)C)c2ccccc2)cc1.